The zero-order valence-electron chi connectivity index (χ0n) is 11.4. The molecule has 0 bridgehead atoms. The summed E-state index contributed by atoms with van der Waals surface area (Å²) >= 11 is 0. The molecule has 0 fully saturated rings. The van der Waals surface area contributed by atoms with E-state index >= 15 is 0 Å². The number of halogens is 3. The van der Waals surface area contributed by atoms with Crippen LogP contribution in [0.1, 0.15) is 56.4 Å². The normalized spacial score (nSPS) is 12.9. The van der Waals surface area contributed by atoms with Crippen molar-refractivity contribution in [3.05, 3.63) is 29.1 Å². The third-order valence-electron chi connectivity index (χ3n) is 3.20. The van der Waals surface area contributed by atoms with Crippen LogP contribution in [0.3, 0.4) is 0 Å². The molecule has 0 saturated carbocycles. The van der Waals surface area contributed by atoms with E-state index in [0.717, 1.165) is 11.8 Å². The van der Waals surface area contributed by atoms with Crippen molar-refractivity contribution in [3.8, 4) is 0 Å². The number of rotatable bonds is 2. The number of hydrogen-bond donors (Lipinski definition) is 1. The number of nitrogens with zero attached hydrogens (tertiary/aromatic N) is 1. The first-order valence-corrected chi connectivity index (χ1v) is 6.31. The Balaban J connectivity index is 2.79. The number of hydrogen-bond acceptors (Lipinski definition) is 1. The molecule has 0 spiro atoms. The lowest BCUT2D eigenvalue weighted by Gasteiger charge is -2.13. The van der Waals surface area contributed by atoms with Crippen molar-refractivity contribution in [2.24, 2.45) is 0 Å². The van der Waals surface area contributed by atoms with E-state index < -0.39 is 11.7 Å². The van der Waals surface area contributed by atoms with Gasteiger partial charge in [0.2, 0.25) is 0 Å². The molecule has 2 nitrogen and oxygen atoms in total. The van der Waals surface area contributed by atoms with Crippen LogP contribution in [-0.4, -0.2) is 9.97 Å². The summed E-state index contributed by atoms with van der Waals surface area (Å²) in [5.74, 6) is 0.237. The Morgan fingerprint density at radius 3 is 2.21 bits per heavy atom. The van der Waals surface area contributed by atoms with Gasteiger partial charge in [-0.25, -0.2) is 0 Å². The SMILES string of the molecule is CC(C)c1cc(C(C)C)c2[nH]cc(C(F)(F)F)c2n1. The highest BCUT2D eigenvalue weighted by Gasteiger charge is 2.35. The molecule has 0 radical (unpaired) electrons. The number of H-pyrrole nitrogens is 1. The predicted molar refractivity (Wildman–Crippen MR) is 69.3 cm³/mol. The molecule has 19 heavy (non-hydrogen) atoms. The smallest absolute Gasteiger partial charge is 0.359 e. The van der Waals surface area contributed by atoms with Crippen LogP contribution in [0, 0.1) is 0 Å². The molecule has 2 rings (SSSR count). The van der Waals surface area contributed by atoms with Gasteiger partial charge < -0.3 is 4.98 Å². The van der Waals surface area contributed by atoms with E-state index in [4.69, 9.17) is 0 Å². The van der Waals surface area contributed by atoms with Crippen molar-refractivity contribution in [2.45, 2.75) is 45.7 Å². The molecule has 0 aliphatic carbocycles. The molecule has 2 aromatic rings. The third kappa shape index (κ3) is 2.46. The summed E-state index contributed by atoms with van der Waals surface area (Å²) in [6.45, 7) is 7.79. The van der Waals surface area contributed by atoms with E-state index in [1.807, 2.05) is 33.8 Å². The van der Waals surface area contributed by atoms with Gasteiger partial charge in [-0.3, -0.25) is 4.98 Å². The fourth-order valence-corrected chi connectivity index (χ4v) is 2.11. The summed E-state index contributed by atoms with van der Waals surface area (Å²) in [6, 6.07) is 1.90. The number of aromatic amines is 1. The van der Waals surface area contributed by atoms with Gasteiger partial charge in [0.05, 0.1) is 11.1 Å². The van der Waals surface area contributed by atoms with Crippen LogP contribution in [0.2, 0.25) is 0 Å². The lowest BCUT2D eigenvalue weighted by atomic mass is 9.98. The van der Waals surface area contributed by atoms with Crippen LogP contribution in [0.4, 0.5) is 13.2 Å². The molecule has 2 heterocycles. The van der Waals surface area contributed by atoms with E-state index in [2.05, 4.69) is 9.97 Å². The van der Waals surface area contributed by atoms with Gasteiger partial charge >= 0.3 is 6.18 Å². The maximum Gasteiger partial charge on any atom is 0.419 e. The first-order chi connectivity index (χ1) is 8.71. The van der Waals surface area contributed by atoms with E-state index in [9.17, 15) is 13.2 Å². The average molecular weight is 270 g/mol. The minimum atomic E-state index is -4.38. The zero-order chi connectivity index (χ0) is 14.4. The maximum atomic E-state index is 13.0. The molecule has 0 amide bonds. The van der Waals surface area contributed by atoms with Crippen LogP contribution in [-0.2, 0) is 6.18 Å². The molecule has 0 saturated heterocycles. The first-order valence-electron chi connectivity index (χ1n) is 6.31. The van der Waals surface area contributed by atoms with Crippen LogP contribution in [0.25, 0.3) is 11.0 Å². The highest BCUT2D eigenvalue weighted by molar-refractivity contribution is 5.83. The monoisotopic (exact) mass is 270 g/mol. The standard InChI is InChI=1S/C14H17F3N2/c1-7(2)9-5-11(8(3)4)19-13-10(14(15,16)17)6-18-12(9)13/h5-8,18H,1-4H3. The molecule has 5 heteroatoms. The van der Waals surface area contributed by atoms with E-state index in [1.165, 1.54) is 0 Å². The van der Waals surface area contributed by atoms with E-state index in [0.29, 0.717) is 11.2 Å². The number of aromatic nitrogens is 2. The summed E-state index contributed by atoms with van der Waals surface area (Å²) in [6.07, 6.45) is -3.37. The second kappa shape index (κ2) is 4.54. The van der Waals surface area contributed by atoms with Gasteiger partial charge in [-0.1, -0.05) is 27.7 Å². The molecule has 0 aliphatic heterocycles. The Bertz CT molecular complexity index is 594. The molecule has 104 valence electrons. The van der Waals surface area contributed by atoms with Crippen molar-refractivity contribution in [3.63, 3.8) is 0 Å². The number of fused-ring (bicyclic) bond motifs is 1. The number of alkyl halides is 3. The number of nitrogens with one attached hydrogen (secondary N) is 1. The van der Waals surface area contributed by atoms with Gasteiger partial charge in [-0.2, -0.15) is 13.2 Å². The van der Waals surface area contributed by atoms with Crippen LogP contribution >= 0.6 is 0 Å². The summed E-state index contributed by atoms with van der Waals surface area (Å²) < 4.78 is 38.9. The Hall–Kier alpha value is -1.52. The molecule has 1 N–H and O–H groups in total. The van der Waals surface area contributed by atoms with E-state index in [1.54, 1.807) is 0 Å². The Kier molecular flexibility index (Phi) is 3.32. The van der Waals surface area contributed by atoms with Crippen molar-refractivity contribution < 1.29 is 13.2 Å². The number of pyridine rings is 1. The second-order valence-corrected chi connectivity index (χ2v) is 5.37. The topological polar surface area (TPSA) is 28.7 Å². The first kappa shape index (κ1) is 13.9. The summed E-state index contributed by atoms with van der Waals surface area (Å²) in [7, 11) is 0. The molecule has 0 unspecified atom stereocenters. The molecule has 0 atom stereocenters. The van der Waals surface area contributed by atoms with Gasteiger partial charge in [0.15, 0.2) is 0 Å². The van der Waals surface area contributed by atoms with Gasteiger partial charge in [0.1, 0.15) is 5.52 Å². The Morgan fingerprint density at radius 1 is 1.11 bits per heavy atom. The highest BCUT2D eigenvalue weighted by Crippen LogP contribution is 2.37. The maximum absolute atomic E-state index is 13.0. The quantitative estimate of drug-likeness (QED) is 0.832. The second-order valence-electron chi connectivity index (χ2n) is 5.37. The summed E-state index contributed by atoms with van der Waals surface area (Å²) in [4.78, 5) is 6.92. The van der Waals surface area contributed by atoms with Gasteiger partial charge in [-0.15, -0.1) is 0 Å². The predicted octanol–water partition coefficient (Wildman–Crippen LogP) is 4.83. The molecular formula is C14H17F3N2. The molecule has 0 aromatic carbocycles. The Morgan fingerprint density at radius 2 is 1.74 bits per heavy atom. The molecular weight excluding hydrogens is 253 g/mol. The van der Waals surface area contributed by atoms with Crippen molar-refractivity contribution in [1.82, 2.24) is 9.97 Å². The van der Waals surface area contributed by atoms with Crippen LogP contribution in [0.5, 0.6) is 0 Å². The Labute approximate surface area is 110 Å². The van der Waals surface area contributed by atoms with Crippen LogP contribution in [0.15, 0.2) is 12.3 Å². The summed E-state index contributed by atoms with van der Waals surface area (Å²) in [5, 5.41) is 0. The minimum absolute atomic E-state index is 0.0300. The van der Waals surface area contributed by atoms with Gasteiger partial charge in [0, 0.05) is 11.9 Å². The highest BCUT2D eigenvalue weighted by atomic mass is 19.4. The molecule has 2 aromatic heterocycles. The van der Waals surface area contributed by atoms with Gasteiger partial charge in [0.25, 0.3) is 0 Å². The lowest BCUT2D eigenvalue weighted by molar-refractivity contribution is -0.136. The fourth-order valence-electron chi connectivity index (χ4n) is 2.11. The third-order valence-corrected chi connectivity index (χ3v) is 3.20. The van der Waals surface area contributed by atoms with Crippen molar-refractivity contribution in [2.75, 3.05) is 0 Å². The van der Waals surface area contributed by atoms with Crippen molar-refractivity contribution in [1.29, 1.82) is 0 Å². The average Bonchev–Trinajstić information content (AvgIpc) is 2.69. The minimum Gasteiger partial charge on any atom is -0.359 e. The zero-order valence-corrected chi connectivity index (χ0v) is 11.4. The lowest BCUT2D eigenvalue weighted by Crippen LogP contribution is -2.06. The fraction of sp³-hybridized carbons (Fsp3) is 0.500. The van der Waals surface area contributed by atoms with Crippen molar-refractivity contribution >= 4 is 11.0 Å². The van der Waals surface area contributed by atoms with Gasteiger partial charge in [-0.05, 0) is 23.5 Å². The largest absolute Gasteiger partial charge is 0.419 e. The summed E-state index contributed by atoms with van der Waals surface area (Å²) in [5.41, 5.74) is 1.41. The molecule has 0 aliphatic rings. The van der Waals surface area contributed by atoms with E-state index in [-0.39, 0.29) is 17.4 Å². The van der Waals surface area contributed by atoms with Crippen LogP contribution < -0.4 is 0 Å².